The van der Waals surface area contributed by atoms with Gasteiger partial charge in [-0.05, 0) is 13.3 Å². The number of nitrogens with zero attached hydrogens (tertiary/aromatic N) is 2. The molecular weight excluding hydrogens is 294 g/mol. The summed E-state index contributed by atoms with van der Waals surface area (Å²) in [6.45, 7) is 2.54. The molecule has 2 heterocycles. The second kappa shape index (κ2) is 6.52. The Hall–Kier alpha value is -2.18. The monoisotopic (exact) mass is 315 g/mol. The molecule has 0 radical (unpaired) electrons. The SMILES string of the molecule is Cc1[nH]nc(-c2ccccc2)c1C(=O)N1CC[C@H](CO)[C@H](O)C1. The van der Waals surface area contributed by atoms with Crippen LogP contribution in [0.5, 0.6) is 0 Å². The number of likely N-dealkylation sites (tertiary alicyclic amines) is 1. The van der Waals surface area contributed by atoms with Gasteiger partial charge in [-0.3, -0.25) is 9.89 Å². The topological polar surface area (TPSA) is 89.5 Å². The number of hydrogen-bond donors (Lipinski definition) is 3. The van der Waals surface area contributed by atoms with E-state index < -0.39 is 6.10 Å². The van der Waals surface area contributed by atoms with Gasteiger partial charge in [-0.2, -0.15) is 5.10 Å². The average Bonchev–Trinajstić information content (AvgIpc) is 2.96. The van der Waals surface area contributed by atoms with E-state index in [4.69, 9.17) is 0 Å². The van der Waals surface area contributed by atoms with Gasteiger partial charge >= 0.3 is 0 Å². The van der Waals surface area contributed by atoms with Crippen LogP contribution >= 0.6 is 0 Å². The Kier molecular flexibility index (Phi) is 4.45. The average molecular weight is 315 g/mol. The van der Waals surface area contributed by atoms with Crippen LogP contribution in [0.2, 0.25) is 0 Å². The number of aliphatic hydroxyl groups excluding tert-OH is 2. The van der Waals surface area contributed by atoms with E-state index in [1.54, 1.807) is 4.90 Å². The summed E-state index contributed by atoms with van der Waals surface area (Å²) in [6.07, 6.45) is -0.0915. The largest absolute Gasteiger partial charge is 0.396 e. The first-order valence-electron chi connectivity index (χ1n) is 7.80. The Labute approximate surface area is 134 Å². The van der Waals surface area contributed by atoms with Gasteiger partial charge in [0.15, 0.2) is 0 Å². The lowest BCUT2D eigenvalue weighted by Crippen LogP contribution is -2.47. The number of benzene rings is 1. The third-order valence-corrected chi connectivity index (χ3v) is 4.45. The van der Waals surface area contributed by atoms with Crippen molar-refractivity contribution in [1.29, 1.82) is 0 Å². The number of amides is 1. The zero-order valence-corrected chi connectivity index (χ0v) is 13.1. The van der Waals surface area contributed by atoms with Crippen LogP contribution in [0.25, 0.3) is 11.3 Å². The van der Waals surface area contributed by atoms with Crippen molar-refractivity contribution >= 4 is 5.91 Å². The number of piperidine rings is 1. The predicted molar refractivity (Wildman–Crippen MR) is 85.9 cm³/mol. The van der Waals surface area contributed by atoms with Gasteiger partial charge in [0.05, 0.1) is 11.7 Å². The lowest BCUT2D eigenvalue weighted by atomic mass is 9.94. The Morgan fingerprint density at radius 2 is 2.13 bits per heavy atom. The minimum absolute atomic E-state index is 0.0524. The fourth-order valence-electron chi connectivity index (χ4n) is 3.03. The number of H-pyrrole nitrogens is 1. The molecule has 0 spiro atoms. The molecule has 3 N–H and O–H groups in total. The highest BCUT2D eigenvalue weighted by molar-refractivity contribution is 6.01. The highest BCUT2D eigenvalue weighted by atomic mass is 16.3. The van der Waals surface area contributed by atoms with Crippen LogP contribution in [-0.2, 0) is 0 Å². The third kappa shape index (κ3) is 3.00. The molecule has 0 aliphatic carbocycles. The maximum absolute atomic E-state index is 12.9. The first kappa shape index (κ1) is 15.7. The molecule has 2 aromatic rings. The van der Waals surface area contributed by atoms with Gasteiger partial charge in [0.25, 0.3) is 5.91 Å². The van der Waals surface area contributed by atoms with E-state index in [1.807, 2.05) is 37.3 Å². The molecule has 6 heteroatoms. The molecule has 1 aromatic heterocycles. The molecule has 3 rings (SSSR count). The fraction of sp³-hybridized carbons (Fsp3) is 0.412. The molecule has 0 unspecified atom stereocenters. The second-order valence-electron chi connectivity index (χ2n) is 5.99. The van der Waals surface area contributed by atoms with E-state index in [1.165, 1.54) is 0 Å². The quantitative estimate of drug-likeness (QED) is 0.794. The molecular formula is C17H21N3O3. The number of rotatable bonds is 3. The highest BCUT2D eigenvalue weighted by Crippen LogP contribution is 2.26. The maximum Gasteiger partial charge on any atom is 0.258 e. The number of nitrogens with one attached hydrogen (secondary N) is 1. The number of aromatic nitrogens is 2. The van der Waals surface area contributed by atoms with Crippen molar-refractivity contribution in [2.45, 2.75) is 19.4 Å². The van der Waals surface area contributed by atoms with Crippen LogP contribution in [0.3, 0.4) is 0 Å². The smallest absolute Gasteiger partial charge is 0.258 e. The summed E-state index contributed by atoms with van der Waals surface area (Å²) in [7, 11) is 0. The maximum atomic E-state index is 12.9. The molecule has 2 atom stereocenters. The number of aryl methyl sites for hydroxylation is 1. The van der Waals surface area contributed by atoms with Gasteiger partial charge in [-0.25, -0.2) is 0 Å². The summed E-state index contributed by atoms with van der Waals surface area (Å²) in [5.41, 5.74) is 2.77. The predicted octanol–water partition coefficient (Wildman–Crippen LogP) is 1.20. The van der Waals surface area contributed by atoms with Crippen molar-refractivity contribution in [3.05, 3.63) is 41.6 Å². The Morgan fingerprint density at radius 3 is 2.78 bits per heavy atom. The molecule has 6 nitrogen and oxygen atoms in total. The van der Waals surface area contributed by atoms with Crippen LogP contribution in [0.15, 0.2) is 30.3 Å². The zero-order chi connectivity index (χ0) is 16.4. The van der Waals surface area contributed by atoms with Crippen LogP contribution in [0.1, 0.15) is 22.5 Å². The standard InChI is InChI=1S/C17H21N3O3/c1-11-15(16(19-18-11)12-5-3-2-4-6-12)17(23)20-8-7-13(10-21)14(22)9-20/h2-6,13-14,21-22H,7-10H2,1H3,(H,18,19)/t13-,14-/m1/s1. The zero-order valence-electron chi connectivity index (χ0n) is 13.1. The molecule has 1 aromatic carbocycles. The first-order valence-corrected chi connectivity index (χ1v) is 7.80. The number of carbonyl (C=O) groups is 1. The number of aromatic amines is 1. The fourth-order valence-corrected chi connectivity index (χ4v) is 3.03. The van der Waals surface area contributed by atoms with Gasteiger partial charge in [-0.1, -0.05) is 30.3 Å². The van der Waals surface area contributed by atoms with E-state index in [2.05, 4.69) is 10.2 Å². The lowest BCUT2D eigenvalue weighted by Gasteiger charge is -2.35. The molecule has 0 saturated carbocycles. The van der Waals surface area contributed by atoms with E-state index in [0.29, 0.717) is 29.9 Å². The Balaban J connectivity index is 1.88. The summed E-state index contributed by atoms with van der Waals surface area (Å²) in [5, 5.41) is 26.5. The minimum atomic E-state index is -0.690. The molecule has 23 heavy (non-hydrogen) atoms. The molecule has 1 aliphatic rings. The van der Waals surface area contributed by atoms with Crippen molar-refractivity contribution in [3.8, 4) is 11.3 Å². The van der Waals surface area contributed by atoms with E-state index >= 15 is 0 Å². The Bertz CT molecular complexity index is 684. The number of β-amino-alcohol motifs (C(OH)–C–C–N with tert-alkyl or cyclic N) is 1. The number of aliphatic hydroxyl groups is 2. The van der Waals surface area contributed by atoms with Crippen LogP contribution in [0, 0.1) is 12.8 Å². The molecule has 0 bridgehead atoms. The summed E-state index contributed by atoms with van der Waals surface area (Å²) in [5.74, 6) is -0.288. The van der Waals surface area contributed by atoms with E-state index in [9.17, 15) is 15.0 Å². The third-order valence-electron chi connectivity index (χ3n) is 4.45. The van der Waals surface area contributed by atoms with Gasteiger partial charge in [0, 0.05) is 36.9 Å². The van der Waals surface area contributed by atoms with Crippen molar-refractivity contribution in [2.24, 2.45) is 5.92 Å². The molecule has 1 fully saturated rings. The minimum Gasteiger partial charge on any atom is -0.396 e. The summed E-state index contributed by atoms with van der Waals surface area (Å²) >= 11 is 0. The van der Waals surface area contributed by atoms with Crippen LogP contribution in [-0.4, -0.2) is 57.0 Å². The summed E-state index contributed by atoms with van der Waals surface area (Å²) in [4.78, 5) is 14.5. The van der Waals surface area contributed by atoms with E-state index in [0.717, 1.165) is 5.56 Å². The Morgan fingerprint density at radius 1 is 1.39 bits per heavy atom. The van der Waals surface area contributed by atoms with Crippen molar-refractivity contribution in [1.82, 2.24) is 15.1 Å². The van der Waals surface area contributed by atoms with Crippen LogP contribution < -0.4 is 0 Å². The van der Waals surface area contributed by atoms with Crippen molar-refractivity contribution in [3.63, 3.8) is 0 Å². The summed E-state index contributed by atoms with van der Waals surface area (Å²) < 4.78 is 0. The van der Waals surface area contributed by atoms with Crippen molar-refractivity contribution < 1.29 is 15.0 Å². The highest BCUT2D eigenvalue weighted by Gasteiger charge is 2.32. The molecule has 1 saturated heterocycles. The van der Waals surface area contributed by atoms with E-state index in [-0.39, 0.29) is 25.0 Å². The molecule has 1 amide bonds. The van der Waals surface area contributed by atoms with Gasteiger partial charge in [0.1, 0.15) is 5.69 Å². The summed E-state index contributed by atoms with van der Waals surface area (Å²) in [6, 6.07) is 9.56. The number of hydrogen-bond acceptors (Lipinski definition) is 4. The first-order chi connectivity index (χ1) is 11.1. The van der Waals surface area contributed by atoms with Gasteiger partial charge in [0.2, 0.25) is 0 Å². The van der Waals surface area contributed by atoms with Crippen LogP contribution in [0.4, 0.5) is 0 Å². The molecule has 122 valence electrons. The van der Waals surface area contributed by atoms with Gasteiger partial charge in [-0.15, -0.1) is 0 Å². The number of carbonyl (C=O) groups excluding carboxylic acids is 1. The van der Waals surface area contributed by atoms with Crippen molar-refractivity contribution in [2.75, 3.05) is 19.7 Å². The normalized spacial score (nSPS) is 21.4. The second-order valence-corrected chi connectivity index (χ2v) is 5.99. The lowest BCUT2D eigenvalue weighted by molar-refractivity contribution is 0.000874. The van der Waals surface area contributed by atoms with Gasteiger partial charge < -0.3 is 15.1 Å². The molecule has 1 aliphatic heterocycles.